The van der Waals surface area contributed by atoms with Crippen LogP contribution in [0.2, 0.25) is 0 Å². The lowest BCUT2D eigenvalue weighted by Gasteiger charge is -2.30. The monoisotopic (exact) mass is 540 g/mol. The number of carbonyl (C=O) groups excluding carboxylic acids is 2. The zero-order chi connectivity index (χ0) is 27.8. The van der Waals surface area contributed by atoms with Gasteiger partial charge in [0.25, 0.3) is 11.8 Å². The lowest BCUT2D eigenvalue weighted by molar-refractivity contribution is -0.137. The third-order valence-electron chi connectivity index (χ3n) is 6.80. The Morgan fingerprint density at radius 3 is 1.97 bits per heavy atom. The van der Waals surface area contributed by atoms with E-state index in [-0.39, 0.29) is 30.8 Å². The molecule has 0 spiro atoms. The number of thiophene rings is 1. The average Bonchev–Trinajstić information content (AvgIpc) is 3.51. The fourth-order valence-corrected chi connectivity index (χ4v) is 5.31. The first-order chi connectivity index (χ1) is 18.9. The van der Waals surface area contributed by atoms with Crippen molar-refractivity contribution in [3.8, 4) is 11.1 Å². The molecule has 0 radical (unpaired) electrons. The van der Waals surface area contributed by atoms with Crippen molar-refractivity contribution in [1.29, 1.82) is 0 Å². The van der Waals surface area contributed by atoms with Gasteiger partial charge in [-0.05, 0) is 66.1 Å². The Morgan fingerprint density at radius 1 is 0.795 bits per heavy atom. The molecule has 0 aliphatic heterocycles. The summed E-state index contributed by atoms with van der Waals surface area (Å²) in [5, 5.41) is 12.1. The zero-order valence-electron chi connectivity index (χ0n) is 22.1. The molecule has 1 atom stereocenters. The summed E-state index contributed by atoms with van der Waals surface area (Å²) >= 11 is 1.48. The van der Waals surface area contributed by atoms with Crippen LogP contribution in [-0.4, -0.2) is 47.4 Å². The van der Waals surface area contributed by atoms with Crippen LogP contribution in [0, 0.1) is 0 Å². The van der Waals surface area contributed by atoms with Crippen molar-refractivity contribution in [2.75, 3.05) is 18.5 Å². The van der Waals surface area contributed by atoms with Gasteiger partial charge in [0.1, 0.15) is 0 Å². The molecule has 0 saturated heterocycles. The molecule has 0 fully saturated rings. The second-order valence-corrected chi connectivity index (χ2v) is 10.3. The molecule has 1 aromatic heterocycles. The van der Waals surface area contributed by atoms with Gasteiger partial charge in [-0.2, -0.15) is 0 Å². The van der Waals surface area contributed by atoms with Crippen LogP contribution in [0.25, 0.3) is 11.1 Å². The maximum absolute atomic E-state index is 14.0. The van der Waals surface area contributed by atoms with Gasteiger partial charge in [-0.1, -0.05) is 66.7 Å². The summed E-state index contributed by atoms with van der Waals surface area (Å²) in [6.45, 7) is 2.05. The van der Waals surface area contributed by atoms with E-state index in [1.54, 1.807) is 35.0 Å². The molecule has 4 aromatic rings. The van der Waals surface area contributed by atoms with Crippen LogP contribution in [0.3, 0.4) is 0 Å². The molecule has 1 heterocycles. The van der Waals surface area contributed by atoms with Gasteiger partial charge in [0.05, 0.1) is 11.4 Å². The van der Waals surface area contributed by atoms with Crippen molar-refractivity contribution in [3.63, 3.8) is 0 Å². The van der Waals surface area contributed by atoms with Gasteiger partial charge in [-0.15, -0.1) is 11.3 Å². The molecule has 0 aliphatic rings. The van der Waals surface area contributed by atoms with Gasteiger partial charge < -0.3 is 14.9 Å². The molecule has 0 bridgehead atoms. The minimum absolute atomic E-state index is 0.0974. The normalized spacial score (nSPS) is 11.5. The fraction of sp³-hybridized carbons (Fsp3) is 0.219. The highest BCUT2D eigenvalue weighted by atomic mass is 32.1. The molecule has 4 rings (SSSR count). The Hall–Kier alpha value is -4.23. The SMILES string of the molecule is CC(CCc1ccccc1)N(CCC(=O)O)C(=O)c1ccccc1-c1ccccc1C(=O)N(C)c1cccs1. The van der Waals surface area contributed by atoms with E-state index in [0.717, 1.165) is 17.0 Å². The van der Waals surface area contributed by atoms with Crippen molar-refractivity contribution in [3.05, 3.63) is 113 Å². The Bertz CT molecular complexity index is 1420. The molecule has 7 heteroatoms. The molecular formula is C32H32N2O4S. The second kappa shape index (κ2) is 13.0. The molecular weight excluding hydrogens is 508 g/mol. The number of carboxylic acid groups (broad SMARTS) is 1. The van der Waals surface area contributed by atoms with E-state index in [0.29, 0.717) is 28.7 Å². The van der Waals surface area contributed by atoms with Crippen LogP contribution >= 0.6 is 11.3 Å². The van der Waals surface area contributed by atoms with Gasteiger partial charge in [-0.3, -0.25) is 14.4 Å². The number of hydrogen-bond donors (Lipinski definition) is 1. The Balaban J connectivity index is 1.66. The zero-order valence-corrected chi connectivity index (χ0v) is 22.9. The van der Waals surface area contributed by atoms with Crippen LogP contribution < -0.4 is 4.90 Å². The predicted octanol–water partition coefficient (Wildman–Crippen LogP) is 6.63. The number of benzene rings is 3. The molecule has 0 aliphatic carbocycles. The Kier molecular flexibility index (Phi) is 9.28. The summed E-state index contributed by atoms with van der Waals surface area (Å²) < 4.78 is 0. The summed E-state index contributed by atoms with van der Waals surface area (Å²) in [4.78, 5) is 42.3. The number of amides is 2. The summed E-state index contributed by atoms with van der Waals surface area (Å²) in [6, 6.07) is 28.1. The Labute approximate surface area is 233 Å². The van der Waals surface area contributed by atoms with Crippen LogP contribution in [0.4, 0.5) is 5.00 Å². The van der Waals surface area contributed by atoms with Crippen LogP contribution in [0.5, 0.6) is 0 Å². The van der Waals surface area contributed by atoms with Crippen LogP contribution in [-0.2, 0) is 11.2 Å². The highest BCUT2D eigenvalue weighted by Gasteiger charge is 2.26. The lowest BCUT2D eigenvalue weighted by atomic mass is 9.93. The summed E-state index contributed by atoms with van der Waals surface area (Å²) in [5.41, 5.74) is 3.39. The van der Waals surface area contributed by atoms with Gasteiger partial charge >= 0.3 is 5.97 Å². The molecule has 6 nitrogen and oxygen atoms in total. The average molecular weight is 541 g/mol. The third-order valence-corrected chi connectivity index (χ3v) is 7.74. The lowest BCUT2D eigenvalue weighted by Crippen LogP contribution is -2.40. The van der Waals surface area contributed by atoms with E-state index in [4.69, 9.17) is 0 Å². The summed E-state index contributed by atoms with van der Waals surface area (Å²) in [5.74, 6) is -1.38. The maximum atomic E-state index is 14.0. The third kappa shape index (κ3) is 6.81. The smallest absolute Gasteiger partial charge is 0.305 e. The first-order valence-corrected chi connectivity index (χ1v) is 13.8. The first-order valence-electron chi connectivity index (χ1n) is 12.9. The van der Waals surface area contributed by atoms with E-state index in [1.807, 2.05) is 85.1 Å². The predicted molar refractivity (Wildman–Crippen MR) is 156 cm³/mol. The van der Waals surface area contributed by atoms with E-state index >= 15 is 0 Å². The minimum Gasteiger partial charge on any atom is -0.481 e. The number of carbonyl (C=O) groups is 3. The van der Waals surface area contributed by atoms with E-state index in [1.165, 1.54) is 11.3 Å². The van der Waals surface area contributed by atoms with Gasteiger partial charge in [-0.25, -0.2) is 0 Å². The Morgan fingerprint density at radius 2 is 1.38 bits per heavy atom. The maximum Gasteiger partial charge on any atom is 0.305 e. The highest BCUT2D eigenvalue weighted by Crippen LogP contribution is 2.31. The number of rotatable bonds is 11. The molecule has 3 aromatic carbocycles. The number of hydrogen-bond acceptors (Lipinski definition) is 4. The van der Waals surface area contributed by atoms with Crippen LogP contribution in [0.15, 0.2) is 96.4 Å². The number of anilines is 1. The quantitative estimate of drug-likeness (QED) is 0.232. The van der Waals surface area contributed by atoms with Gasteiger partial charge in [0, 0.05) is 30.8 Å². The van der Waals surface area contributed by atoms with Crippen molar-refractivity contribution < 1.29 is 19.5 Å². The highest BCUT2D eigenvalue weighted by molar-refractivity contribution is 7.14. The molecule has 200 valence electrons. The molecule has 0 saturated carbocycles. The molecule has 39 heavy (non-hydrogen) atoms. The standard InChI is InChI=1S/C32H32N2O4S/c1-23(18-19-24-11-4-3-5-12-24)34(21-20-30(35)36)32(38)28-16-9-7-14-26(28)25-13-6-8-15-27(25)31(37)33(2)29-17-10-22-39-29/h3-17,22-23H,18-21H2,1-2H3,(H,35,36). The number of nitrogens with zero attached hydrogens (tertiary/aromatic N) is 2. The molecule has 1 N–H and O–H groups in total. The first kappa shape index (κ1) is 27.8. The fourth-order valence-electron chi connectivity index (χ4n) is 4.62. The summed E-state index contributed by atoms with van der Waals surface area (Å²) in [6.07, 6.45) is 1.31. The van der Waals surface area contributed by atoms with Crippen LogP contribution in [0.1, 0.15) is 46.0 Å². The summed E-state index contributed by atoms with van der Waals surface area (Å²) in [7, 11) is 1.74. The molecule has 1 unspecified atom stereocenters. The van der Waals surface area contributed by atoms with E-state index in [9.17, 15) is 19.5 Å². The van der Waals surface area contributed by atoms with E-state index in [2.05, 4.69) is 0 Å². The minimum atomic E-state index is -0.955. The number of aryl methyl sites for hydroxylation is 1. The van der Waals surface area contributed by atoms with Crippen molar-refractivity contribution in [1.82, 2.24) is 4.90 Å². The molecule has 2 amide bonds. The van der Waals surface area contributed by atoms with Gasteiger partial charge in [0.15, 0.2) is 0 Å². The number of carboxylic acids is 1. The van der Waals surface area contributed by atoms with Crippen molar-refractivity contribution in [2.45, 2.75) is 32.2 Å². The topological polar surface area (TPSA) is 77.9 Å². The van der Waals surface area contributed by atoms with Crippen molar-refractivity contribution in [2.24, 2.45) is 0 Å². The second-order valence-electron chi connectivity index (χ2n) is 9.42. The van der Waals surface area contributed by atoms with Gasteiger partial charge in [0.2, 0.25) is 0 Å². The van der Waals surface area contributed by atoms with E-state index < -0.39 is 5.97 Å². The van der Waals surface area contributed by atoms with Crippen molar-refractivity contribution >= 4 is 34.1 Å². The number of aliphatic carboxylic acids is 1. The largest absolute Gasteiger partial charge is 0.481 e.